The van der Waals surface area contributed by atoms with E-state index in [2.05, 4.69) is 5.32 Å². The van der Waals surface area contributed by atoms with Crippen molar-refractivity contribution in [2.75, 3.05) is 6.61 Å². The van der Waals surface area contributed by atoms with Gasteiger partial charge in [-0.2, -0.15) is 0 Å². The number of ether oxygens (including phenoxy) is 3. The van der Waals surface area contributed by atoms with Crippen molar-refractivity contribution >= 4 is 5.91 Å². The number of nitrogens with one attached hydrogen (secondary N) is 1. The largest absolute Gasteiger partial charge is 0.394 e. The number of aliphatic hydroxyl groups excluding tert-OH is 5. The van der Waals surface area contributed by atoms with Crippen molar-refractivity contribution < 1.29 is 44.5 Å². The quantitative estimate of drug-likeness (QED) is 0.302. The molecule has 0 aliphatic carbocycles. The van der Waals surface area contributed by atoms with E-state index < -0.39 is 67.8 Å². The maximum atomic E-state index is 11.3. The van der Waals surface area contributed by atoms with E-state index >= 15 is 0 Å². The molecule has 2 saturated heterocycles. The fourth-order valence-corrected chi connectivity index (χ4v) is 3.17. The number of aliphatic hydroxyl groups is 5. The lowest BCUT2D eigenvalue weighted by molar-refractivity contribution is -0.330. The van der Waals surface area contributed by atoms with Crippen LogP contribution in [0.4, 0.5) is 0 Å². The van der Waals surface area contributed by atoms with Gasteiger partial charge in [-0.3, -0.25) is 4.79 Å². The first kappa shape index (κ1) is 20.5. The van der Waals surface area contributed by atoms with E-state index in [-0.39, 0.29) is 5.91 Å². The summed E-state index contributed by atoms with van der Waals surface area (Å²) in [5, 5.41) is 52.3. The number of hydrogen-bond donors (Lipinski definition) is 6. The minimum Gasteiger partial charge on any atom is -0.394 e. The van der Waals surface area contributed by atoms with Crippen LogP contribution in [0.3, 0.4) is 0 Å². The molecule has 0 aromatic carbocycles. The maximum Gasteiger partial charge on any atom is 0.217 e. The van der Waals surface area contributed by atoms with Gasteiger partial charge in [0, 0.05) is 6.92 Å². The van der Waals surface area contributed by atoms with E-state index in [9.17, 15) is 30.3 Å². The average molecular weight is 365 g/mol. The Labute approximate surface area is 145 Å². The first-order chi connectivity index (χ1) is 11.7. The monoisotopic (exact) mass is 365 g/mol. The van der Waals surface area contributed by atoms with Crippen LogP contribution in [0.1, 0.15) is 20.8 Å². The van der Waals surface area contributed by atoms with Crippen molar-refractivity contribution in [3.8, 4) is 0 Å². The van der Waals surface area contributed by atoms with Crippen LogP contribution in [-0.4, -0.2) is 99.2 Å². The highest BCUT2D eigenvalue weighted by Gasteiger charge is 2.49. The molecule has 0 saturated carbocycles. The fourth-order valence-electron chi connectivity index (χ4n) is 3.17. The summed E-state index contributed by atoms with van der Waals surface area (Å²) < 4.78 is 16.5. The summed E-state index contributed by atoms with van der Waals surface area (Å²) in [5.74, 6) is -0.373. The minimum absolute atomic E-state index is 0.373. The zero-order valence-electron chi connectivity index (χ0n) is 14.3. The lowest BCUT2D eigenvalue weighted by atomic mass is 9.92. The second-order valence-electron chi connectivity index (χ2n) is 6.56. The van der Waals surface area contributed by atoms with Gasteiger partial charge in [0.15, 0.2) is 6.29 Å². The normalized spacial score (nSPS) is 48.2. The van der Waals surface area contributed by atoms with Gasteiger partial charge in [-0.1, -0.05) is 0 Å². The Morgan fingerprint density at radius 1 is 1.00 bits per heavy atom. The number of amides is 1. The molecule has 2 heterocycles. The minimum atomic E-state index is -1.56. The van der Waals surface area contributed by atoms with Crippen molar-refractivity contribution in [3.05, 3.63) is 0 Å². The summed E-state index contributed by atoms with van der Waals surface area (Å²) in [4.78, 5) is 11.3. The molecule has 146 valence electrons. The third-order valence-electron chi connectivity index (χ3n) is 4.62. The van der Waals surface area contributed by atoms with Gasteiger partial charge in [0.25, 0.3) is 0 Å². The predicted molar refractivity (Wildman–Crippen MR) is 82.3 cm³/mol. The van der Waals surface area contributed by atoms with E-state index in [1.54, 1.807) is 6.92 Å². The second-order valence-corrected chi connectivity index (χ2v) is 6.56. The van der Waals surface area contributed by atoms with Gasteiger partial charge in [-0.25, -0.2) is 0 Å². The van der Waals surface area contributed by atoms with Gasteiger partial charge in [0.1, 0.15) is 36.6 Å². The summed E-state index contributed by atoms with van der Waals surface area (Å²) in [6, 6.07) is -0.793. The average Bonchev–Trinajstić information content (AvgIpc) is 2.56. The molecule has 6 N–H and O–H groups in total. The van der Waals surface area contributed by atoms with Gasteiger partial charge in [-0.05, 0) is 13.8 Å². The van der Waals surface area contributed by atoms with Crippen molar-refractivity contribution in [2.45, 2.75) is 81.9 Å². The van der Waals surface area contributed by atoms with Crippen molar-refractivity contribution in [1.82, 2.24) is 5.32 Å². The molecule has 2 aliphatic rings. The molecular formula is C15H27NO9. The maximum absolute atomic E-state index is 11.3. The van der Waals surface area contributed by atoms with Crippen LogP contribution < -0.4 is 5.32 Å². The molecule has 2 aliphatic heterocycles. The number of carbonyl (C=O) groups is 1. The van der Waals surface area contributed by atoms with Crippen LogP contribution >= 0.6 is 0 Å². The topological polar surface area (TPSA) is 158 Å². The highest BCUT2D eigenvalue weighted by molar-refractivity contribution is 5.73. The Bertz CT molecular complexity index is 464. The lowest BCUT2D eigenvalue weighted by Gasteiger charge is -2.46. The van der Waals surface area contributed by atoms with Crippen LogP contribution in [0, 0.1) is 0 Å². The molecule has 10 atom stereocenters. The van der Waals surface area contributed by atoms with Crippen molar-refractivity contribution in [1.29, 1.82) is 0 Å². The fraction of sp³-hybridized carbons (Fsp3) is 0.933. The van der Waals surface area contributed by atoms with E-state index in [1.165, 1.54) is 13.8 Å². The molecular weight excluding hydrogens is 338 g/mol. The second kappa shape index (κ2) is 8.23. The summed E-state index contributed by atoms with van der Waals surface area (Å²) >= 11 is 0. The summed E-state index contributed by atoms with van der Waals surface area (Å²) in [6.07, 6.45) is -10.4. The van der Waals surface area contributed by atoms with Crippen LogP contribution in [0.25, 0.3) is 0 Å². The van der Waals surface area contributed by atoms with Gasteiger partial charge in [-0.15, -0.1) is 0 Å². The zero-order chi connectivity index (χ0) is 18.9. The summed E-state index contributed by atoms with van der Waals surface area (Å²) in [6.45, 7) is 3.95. The first-order valence-corrected chi connectivity index (χ1v) is 8.24. The van der Waals surface area contributed by atoms with Crippen LogP contribution in [0.5, 0.6) is 0 Å². The summed E-state index contributed by atoms with van der Waals surface area (Å²) in [5.41, 5.74) is 0. The van der Waals surface area contributed by atoms with Crippen LogP contribution in [-0.2, 0) is 19.0 Å². The van der Waals surface area contributed by atoms with Crippen molar-refractivity contribution in [3.63, 3.8) is 0 Å². The van der Waals surface area contributed by atoms with E-state index in [1.807, 2.05) is 0 Å². The van der Waals surface area contributed by atoms with E-state index in [0.717, 1.165) is 0 Å². The molecule has 25 heavy (non-hydrogen) atoms. The molecule has 2 fully saturated rings. The Kier molecular flexibility index (Phi) is 6.74. The molecule has 10 unspecified atom stereocenters. The predicted octanol–water partition coefficient (Wildman–Crippen LogP) is -3.16. The molecule has 10 heteroatoms. The van der Waals surface area contributed by atoms with Gasteiger partial charge < -0.3 is 45.1 Å². The van der Waals surface area contributed by atoms with Gasteiger partial charge in [0.05, 0.1) is 24.9 Å². The molecule has 0 radical (unpaired) electrons. The molecule has 0 aromatic rings. The Morgan fingerprint density at radius 2 is 1.64 bits per heavy atom. The standard InChI is InChI=1S/C15H27NO9/c1-5-9(16-7(3)18)11(20)14(8(4-17)23-5)25-15-13(22)12(21)10(19)6(2)24-15/h5-6,8-15,17,19-22H,4H2,1-3H3,(H,16,18). The molecule has 0 spiro atoms. The number of rotatable bonds is 4. The lowest BCUT2D eigenvalue weighted by Crippen LogP contribution is -2.66. The molecule has 0 bridgehead atoms. The van der Waals surface area contributed by atoms with E-state index in [0.29, 0.717) is 0 Å². The molecule has 10 nitrogen and oxygen atoms in total. The first-order valence-electron chi connectivity index (χ1n) is 8.24. The molecule has 2 rings (SSSR count). The van der Waals surface area contributed by atoms with Crippen molar-refractivity contribution in [2.24, 2.45) is 0 Å². The van der Waals surface area contributed by atoms with Crippen LogP contribution in [0.2, 0.25) is 0 Å². The van der Waals surface area contributed by atoms with Crippen LogP contribution in [0.15, 0.2) is 0 Å². The Balaban J connectivity index is 2.15. The molecule has 0 aromatic heterocycles. The Hall–Kier alpha value is -0.850. The smallest absolute Gasteiger partial charge is 0.217 e. The zero-order valence-corrected chi connectivity index (χ0v) is 14.3. The summed E-state index contributed by atoms with van der Waals surface area (Å²) in [7, 11) is 0. The third kappa shape index (κ3) is 4.29. The van der Waals surface area contributed by atoms with Gasteiger partial charge >= 0.3 is 0 Å². The number of carbonyl (C=O) groups excluding carboxylic acids is 1. The highest BCUT2D eigenvalue weighted by Crippen LogP contribution is 2.28. The highest BCUT2D eigenvalue weighted by atomic mass is 16.7. The third-order valence-corrected chi connectivity index (χ3v) is 4.62. The van der Waals surface area contributed by atoms with Gasteiger partial charge in [0.2, 0.25) is 5.91 Å². The Morgan fingerprint density at radius 3 is 2.20 bits per heavy atom. The SMILES string of the molecule is CC(=O)NC1C(C)OC(CO)C(OC2OC(C)C(O)C(O)C2O)C1O. The molecule has 1 amide bonds. The number of hydrogen-bond acceptors (Lipinski definition) is 9. The van der Waals surface area contributed by atoms with E-state index in [4.69, 9.17) is 14.2 Å².